The Morgan fingerprint density at radius 1 is 1.00 bits per heavy atom. The van der Waals surface area contributed by atoms with Crippen LogP contribution in [0.1, 0.15) is 0 Å². The van der Waals surface area contributed by atoms with Crippen molar-refractivity contribution < 1.29 is 13.5 Å². The molecule has 0 saturated carbocycles. The Bertz CT molecular complexity index is 1290. The van der Waals surface area contributed by atoms with Crippen molar-refractivity contribution in [2.24, 2.45) is 0 Å². The Kier molecular flexibility index (Phi) is 5.84. The van der Waals surface area contributed by atoms with E-state index in [1.807, 2.05) is 0 Å². The highest BCUT2D eigenvalue weighted by atomic mass is 19.1. The largest absolute Gasteiger partial charge is 0.383 e. The minimum atomic E-state index is -0.409. The molecule has 2 aromatic heterocycles. The number of benzene rings is 2. The van der Waals surface area contributed by atoms with Crippen molar-refractivity contribution in [1.82, 2.24) is 24.6 Å². The summed E-state index contributed by atoms with van der Waals surface area (Å²) >= 11 is 0. The molecule has 33 heavy (non-hydrogen) atoms. The number of aromatic nitrogens is 4. The summed E-state index contributed by atoms with van der Waals surface area (Å²) < 4.78 is 34.6. The second-order valence-electron chi connectivity index (χ2n) is 7.76. The minimum Gasteiger partial charge on any atom is -0.383 e. The summed E-state index contributed by atoms with van der Waals surface area (Å²) in [6, 6.07) is 12.1. The summed E-state index contributed by atoms with van der Waals surface area (Å²) in [7, 11) is 0. The van der Waals surface area contributed by atoms with E-state index in [0.29, 0.717) is 40.5 Å². The average molecular weight is 451 g/mol. The van der Waals surface area contributed by atoms with E-state index < -0.39 is 11.6 Å². The number of halogens is 2. The lowest BCUT2D eigenvalue weighted by atomic mass is 10.1. The summed E-state index contributed by atoms with van der Waals surface area (Å²) in [6.07, 6.45) is 0. The van der Waals surface area contributed by atoms with Crippen molar-refractivity contribution in [2.75, 3.05) is 50.4 Å². The predicted molar refractivity (Wildman–Crippen MR) is 122 cm³/mol. The number of rotatable bonds is 6. The normalized spacial score (nSPS) is 14.6. The zero-order chi connectivity index (χ0) is 22.8. The van der Waals surface area contributed by atoms with Gasteiger partial charge in [0.15, 0.2) is 5.65 Å². The van der Waals surface area contributed by atoms with Crippen LogP contribution in [0.15, 0.2) is 48.5 Å². The monoisotopic (exact) mass is 451 g/mol. The molecule has 5 rings (SSSR count). The first kappa shape index (κ1) is 21.2. The van der Waals surface area contributed by atoms with Crippen molar-refractivity contribution in [3.8, 4) is 16.9 Å². The van der Waals surface area contributed by atoms with E-state index in [1.54, 1.807) is 24.3 Å². The molecule has 0 unspecified atom stereocenters. The van der Waals surface area contributed by atoms with Crippen LogP contribution in [0, 0.1) is 11.6 Å². The number of nitrogens with two attached hydrogens (primary N) is 1. The van der Waals surface area contributed by atoms with Crippen molar-refractivity contribution >= 4 is 22.8 Å². The van der Waals surface area contributed by atoms with Gasteiger partial charge in [-0.3, -0.25) is 4.90 Å². The maximum atomic E-state index is 14.0. The number of fused-ring (bicyclic) bond motifs is 1. The van der Waals surface area contributed by atoms with E-state index in [1.165, 1.54) is 28.9 Å². The summed E-state index contributed by atoms with van der Waals surface area (Å²) in [6.45, 7) is 4.63. The number of nitrogens with one attached hydrogen (secondary N) is 1. The fraction of sp³-hybridized carbons (Fsp3) is 0.261. The van der Waals surface area contributed by atoms with Crippen molar-refractivity contribution in [1.29, 1.82) is 0 Å². The molecule has 10 heteroatoms. The quantitative estimate of drug-likeness (QED) is 0.465. The lowest BCUT2D eigenvalue weighted by Gasteiger charge is -2.26. The first-order chi connectivity index (χ1) is 16.1. The van der Waals surface area contributed by atoms with E-state index in [4.69, 9.17) is 10.5 Å². The molecular weight excluding hydrogens is 428 g/mol. The predicted octanol–water partition coefficient (Wildman–Crippen LogP) is 3.09. The van der Waals surface area contributed by atoms with Crippen LogP contribution in [0.5, 0.6) is 0 Å². The number of morpholine rings is 1. The number of nitrogens with zero attached hydrogens (tertiary/aromatic N) is 5. The summed E-state index contributed by atoms with van der Waals surface area (Å²) in [5.74, 6) is -0.195. The molecule has 3 heterocycles. The maximum Gasteiger partial charge on any atom is 0.225 e. The van der Waals surface area contributed by atoms with E-state index in [2.05, 4.69) is 25.3 Å². The van der Waals surface area contributed by atoms with E-state index in [0.717, 1.165) is 32.8 Å². The van der Waals surface area contributed by atoms with E-state index in [-0.39, 0.29) is 5.82 Å². The van der Waals surface area contributed by atoms with E-state index >= 15 is 0 Å². The first-order valence-corrected chi connectivity index (χ1v) is 10.7. The van der Waals surface area contributed by atoms with Crippen LogP contribution in [0.4, 0.5) is 20.5 Å². The first-order valence-electron chi connectivity index (χ1n) is 10.7. The SMILES string of the molecule is Nc1c2c(-c3cccc(F)c3)nc(NCCN3CCOCC3)nc2nn1-c1cccc(F)c1. The standard InChI is InChI=1S/C23H23F2N7O/c24-16-4-1-3-15(13-16)20-19-21(26)32(18-6-2-5-17(25)14-18)30-22(19)29-23(28-20)27-7-8-31-9-11-33-12-10-31/h1-6,13-14H,7-12,26H2,(H,27,29,30). The Hall–Kier alpha value is -3.63. The Morgan fingerprint density at radius 2 is 1.76 bits per heavy atom. The lowest BCUT2D eigenvalue weighted by Crippen LogP contribution is -2.39. The van der Waals surface area contributed by atoms with Crippen LogP contribution in [-0.2, 0) is 4.74 Å². The summed E-state index contributed by atoms with van der Waals surface area (Å²) in [5, 5.41) is 8.22. The molecule has 0 radical (unpaired) electrons. The summed E-state index contributed by atoms with van der Waals surface area (Å²) in [5.41, 5.74) is 8.20. The van der Waals surface area contributed by atoms with Crippen molar-refractivity contribution in [2.45, 2.75) is 0 Å². The molecule has 1 saturated heterocycles. The molecule has 0 atom stereocenters. The van der Waals surface area contributed by atoms with Gasteiger partial charge in [-0.05, 0) is 30.3 Å². The Morgan fingerprint density at radius 3 is 2.52 bits per heavy atom. The molecule has 0 aliphatic carbocycles. The number of hydrogen-bond donors (Lipinski definition) is 2. The maximum absolute atomic E-state index is 14.0. The van der Waals surface area contributed by atoms with Crippen LogP contribution < -0.4 is 11.1 Å². The molecule has 0 amide bonds. The van der Waals surface area contributed by atoms with Gasteiger partial charge in [-0.25, -0.2) is 18.4 Å². The molecule has 8 nitrogen and oxygen atoms in total. The highest BCUT2D eigenvalue weighted by Crippen LogP contribution is 2.33. The molecule has 1 aliphatic heterocycles. The lowest BCUT2D eigenvalue weighted by molar-refractivity contribution is 0.0398. The molecule has 3 N–H and O–H groups in total. The third kappa shape index (κ3) is 4.48. The third-order valence-corrected chi connectivity index (χ3v) is 5.53. The van der Waals surface area contributed by atoms with Crippen LogP contribution in [0.25, 0.3) is 28.0 Å². The number of nitrogen functional groups attached to an aromatic ring is 1. The molecule has 1 fully saturated rings. The van der Waals surface area contributed by atoms with Crippen LogP contribution >= 0.6 is 0 Å². The highest BCUT2D eigenvalue weighted by molar-refractivity contribution is 5.99. The zero-order valence-corrected chi connectivity index (χ0v) is 17.8. The van der Waals surface area contributed by atoms with Gasteiger partial charge in [-0.1, -0.05) is 18.2 Å². The van der Waals surface area contributed by atoms with Gasteiger partial charge in [-0.15, -0.1) is 5.10 Å². The molecule has 1 aliphatic rings. The molecular formula is C23H23F2N7O. The molecule has 4 aromatic rings. The average Bonchev–Trinajstić information content (AvgIpc) is 3.16. The number of anilines is 2. The van der Waals surface area contributed by atoms with Crippen LogP contribution in [0.2, 0.25) is 0 Å². The van der Waals surface area contributed by atoms with Crippen LogP contribution in [0.3, 0.4) is 0 Å². The van der Waals surface area contributed by atoms with Gasteiger partial charge >= 0.3 is 0 Å². The number of ether oxygens (including phenoxy) is 1. The highest BCUT2D eigenvalue weighted by Gasteiger charge is 2.20. The minimum absolute atomic E-state index is 0.245. The van der Waals surface area contributed by atoms with Gasteiger partial charge in [0.1, 0.15) is 17.5 Å². The van der Waals surface area contributed by atoms with E-state index in [9.17, 15) is 8.78 Å². The molecule has 2 aromatic carbocycles. The van der Waals surface area contributed by atoms with Gasteiger partial charge in [0, 0.05) is 31.7 Å². The second-order valence-corrected chi connectivity index (χ2v) is 7.76. The van der Waals surface area contributed by atoms with Gasteiger partial charge in [0.25, 0.3) is 0 Å². The van der Waals surface area contributed by atoms with Gasteiger partial charge in [0.05, 0.1) is 30.0 Å². The fourth-order valence-corrected chi connectivity index (χ4v) is 3.89. The number of hydrogen-bond acceptors (Lipinski definition) is 7. The molecule has 0 bridgehead atoms. The van der Waals surface area contributed by atoms with Gasteiger partial charge < -0.3 is 15.8 Å². The molecule has 170 valence electrons. The molecule has 0 spiro atoms. The Labute approximate surface area is 189 Å². The second kappa shape index (κ2) is 9.08. The van der Waals surface area contributed by atoms with Gasteiger partial charge in [-0.2, -0.15) is 4.98 Å². The van der Waals surface area contributed by atoms with Gasteiger partial charge in [0.2, 0.25) is 5.95 Å². The van der Waals surface area contributed by atoms with Crippen molar-refractivity contribution in [3.63, 3.8) is 0 Å². The fourth-order valence-electron chi connectivity index (χ4n) is 3.89. The topological polar surface area (TPSA) is 94.1 Å². The zero-order valence-electron chi connectivity index (χ0n) is 17.8. The van der Waals surface area contributed by atoms with Crippen LogP contribution in [-0.4, -0.2) is 64.0 Å². The smallest absolute Gasteiger partial charge is 0.225 e. The van der Waals surface area contributed by atoms with Crippen molar-refractivity contribution in [3.05, 3.63) is 60.2 Å². The third-order valence-electron chi connectivity index (χ3n) is 5.53. The Balaban J connectivity index is 1.55. The summed E-state index contributed by atoms with van der Waals surface area (Å²) in [4.78, 5) is 11.5.